The maximum Gasteiger partial charge on any atom is 0.350 e. The fourth-order valence-corrected chi connectivity index (χ4v) is 4.55. The minimum atomic E-state index is -2.70. The minimum Gasteiger partial charge on any atom is -0.383 e. The van der Waals surface area contributed by atoms with Gasteiger partial charge in [0.2, 0.25) is 0 Å². The van der Waals surface area contributed by atoms with E-state index in [1.807, 2.05) is 23.1 Å². The number of aryl methyl sites for hydroxylation is 1. The quantitative estimate of drug-likeness (QED) is 0.567. The van der Waals surface area contributed by atoms with E-state index in [9.17, 15) is 18.4 Å². The third-order valence-corrected chi connectivity index (χ3v) is 6.44. The molecule has 2 aliphatic rings. The van der Waals surface area contributed by atoms with Crippen LogP contribution in [-0.4, -0.2) is 69.2 Å². The summed E-state index contributed by atoms with van der Waals surface area (Å²) in [6.45, 7) is 1.59. The van der Waals surface area contributed by atoms with Crippen molar-refractivity contribution >= 4 is 23.1 Å². The highest BCUT2D eigenvalue weighted by molar-refractivity contribution is 5.94. The number of ether oxygens (including phenoxy) is 1. The van der Waals surface area contributed by atoms with Gasteiger partial charge in [0.1, 0.15) is 5.82 Å². The van der Waals surface area contributed by atoms with E-state index >= 15 is 0 Å². The Hall–Kier alpha value is -3.34. The fourth-order valence-electron chi connectivity index (χ4n) is 4.55. The van der Waals surface area contributed by atoms with E-state index in [1.165, 1.54) is 20.2 Å². The highest BCUT2D eigenvalue weighted by Gasteiger charge is 2.36. The van der Waals surface area contributed by atoms with Crippen molar-refractivity contribution in [2.75, 3.05) is 38.3 Å². The fraction of sp³-hybridized carbons (Fsp3) is 0.478. The lowest BCUT2D eigenvalue weighted by molar-refractivity contribution is -0.0494. The van der Waals surface area contributed by atoms with Gasteiger partial charge in [-0.25, -0.2) is 23.2 Å². The number of piperidine rings is 1. The molecule has 0 N–H and O–H groups in total. The Morgan fingerprint density at radius 1 is 1.21 bits per heavy atom. The zero-order valence-electron chi connectivity index (χ0n) is 18.9. The Labute approximate surface area is 194 Å². The summed E-state index contributed by atoms with van der Waals surface area (Å²) < 4.78 is 34.8. The number of halogens is 2. The van der Waals surface area contributed by atoms with Crippen LogP contribution in [0.3, 0.4) is 0 Å². The normalized spacial score (nSPS) is 17.7. The molecule has 0 bridgehead atoms. The standard InChI is InChI=1S/C23H26F2N6O3/c1-34-12-11-31-22(33)30-8-4-18(14-19(30)27-31)29-7-2-3-16-13-17(15-26-20(16)29)21(32)28-9-5-23(24,25)6-10-28/h4,8,13-15H,2-3,5-7,9-12H2,1H3. The summed E-state index contributed by atoms with van der Waals surface area (Å²) >= 11 is 0. The van der Waals surface area contributed by atoms with Crippen LogP contribution in [0.1, 0.15) is 35.2 Å². The highest BCUT2D eigenvalue weighted by Crippen LogP contribution is 2.33. The molecule has 3 aromatic rings. The van der Waals surface area contributed by atoms with E-state index < -0.39 is 5.92 Å². The van der Waals surface area contributed by atoms with Crippen LogP contribution < -0.4 is 10.6 Å². The molecule has 5 heterocycles. The van der Waals surface area contributed by atoms with Crippen molar-refractivity contribution < 1.29 is 18.3 Å². The molecule has 0 atom stereocenters. The molecular weight excluding hydrogens is 446 g/mol. The number of methoxy groups -OCH3 is 1. The molecular formula is C23H26F2N6O3. The van der Waals surface area contributed by atoms with Crippen LogP contribution in [0.2, 0.25) is 0 Å². The van der Waals surface area contributed by atoms with Crippen LogP contribution >= 0.6 is 0 Å². The van der Waals surface area contributed by atoms with E-state index in [0.717, 1.165) is 36.5 Å². The lowest BCUT2D eigenvalue weighted by Gasteiger charge is -2.33. The van der Waals surface area contributed by atoms with Gasteiger partial charge in [0.25, 0.3) is 11.8 Å². The van der Waals surface area contributed by atoms with Gasteiger partial charge in [-0.2, -0.15) is 0 Å². The number of aromatic nitrogens is 4. The number of pyridine rings is 2. The minimum absolute atomic E-state index is 0.0471. The largest absolute Gasteiger partial charge is 0.383 e. The number of amides is 1. The number of alkyl halides is 2. The van der Waals surface area contributed by atoms with Crippen molar-refractivity contribution in [2.24, 2.45) is 0 Å². The number of carbonyl (C=O) groups excluding carboxylic acids is 1. The van der Waals surface area contributed by atoms with Crippen LogP contribution in [-0.2, 0) is 17.7 Å². The lowest BCUT2D eigenvalue weighted by Crippen LogP contribution is -2.42. The van der Waals surface area contributed by atoms with Crippen molar-refractivity contribution in [3.8, 4) is 0 Å². The number of fused-ring (bicyclic) bond motifs is 2. The molecule has 1 saturated heterocycles. The Balaban J connectivity index is 1.40. The second-order valence-corrected chi connectivity index (χ2v) is 8.72. The summed E-state index contributed by atoms with van der Waals surface area (Å²) in [5.74, 6) is -2.21. The Bertz CT molecular complexity index is 1280. The molecule has 0 spiro atoms. The molecule has 0 aliphatic carbocycles. The van der Waals surface area contributed by atoms with Crippen LogP contribution in [0.5, 0.6) is 0 Å². The molecule has 2 aliphatic heterocycles. The summed E-state index contributed by atoms with van der Waals surface area (Å²) in [7, 11) is 1.57. The number of carbonyl (C=O) groups is 1. The molecule has 11 heteroatoms. The van der Waals surface area contributed by atoms with Crippen LogP contribution in [0, 0.1) is 0 Å². The monoisotopic (exact) mass is 472 g/mol. The van der Waals surface area contributed by atoms with Gasteiger partial charge < -0.3 is 14.5 Å². The van der Waals surface area contributed by atoms with Gasteiger partial charge in [-0.05, 0) is 30.5 Å². The summed E-state index contributed by atoms with van der Waals surface area (Å²) in [6.07, 6.45) is 4.24. The van der Waals surface area contributed by atoms with E-state index in [-0.39, 0.29) is 37.5 Å². The van der Waals surface area contributed by atoms with Gasteiger partial charge >= 0.3 is 5.69 Å². The number of nitrogens with zero attached hydrogens (tertiary/aromatic N) is 6. The molecule has 0 saturated carbocycles. The van der Waals surface area contributed by atoms with Gasteiger partial charge in [0.15, 0.2) is 5.65 Å². The van der Waals surface area contributed by atoms with Crippen LogP contribution in [0.25, 0.3) is 5.65 Å². The first-order valence-electron chi connectivity index (χ1n) is 11.4. The maximum absolute atomic E-state index is 13.5. The van der Waals surface area contributed by atoms with Crippen molar-refractivity contribution in [1.82, 2.24) is 24.1 Å². The van der Waals surface area contributed by atoms with E-state index in [0.29, 0.717) is 24.4 Å². The van der Waals surface area contributed by atoms with Gasteiger partial charge in [0, 0.05) is 63.7 Å². The van der Waals surface area contributed by atoms with Gasteiger partial charge in [-0.15, -0.1) is 5.10 Å². The molecule has 1 fully saturated rings. The second-order valence-electron chi connectivity index (χ2n) is 8.72. The molecule has 34 heavy (non-hydrogen) atoms. The Morgan fingerprint density at radius 2 is 2.00 bits per heavy atom. The molecule has 180 valence electrons. The molecule has 9 nitrogen and oxygen atoms in total. The highest BCUT2D eigenvalue weighted by atomic mass is 19.3. The molecule has 5 rings (SSSR count). The zero-order valence-corrected chi connectivity index (χ0v) is 18.9. The Kier molecular flexibility index (Phi) is 5.80. The summed E-state index contributed by atoms with van der Waals surface area (Å²) in [4.78, 5) is 33.5. The predicted octanol–water partition coefficient (Wildman–Crippen LogP) is 2.49. The van der Waals surface area contributed by atoms with Crippen molar-refractivity contribution in [1.29, 1.82) is 0 Å². The first-order chi connectivity index (χ1) is 16.4. The first kappa shape index (κ1) is 22.5. The van der Waals surface area contributed by atoms with Gasteiger partial charge in [0.05, 0.1) is 18.7 Å². The summed E-state index contributed by atoms with van der Waals surface area (Å²) in [5.41, 5.74) is 2.50. The van der Waals surface area contributed by atoms with E-state index in [2.05, 4.69) is 10.1 Å². The van der Waals surface area contributed by atoms with Gasteiger partial charge in [-0.3, -0.25) is 9.20 Å². The maximum atomic E-state index is 13.5. The lowest BCUT2D eigenvalue weighted by atomic mass is 10.0. The first-order valence-corrected chi connectivity index (χ1v) is 11.4. The molecule has 0 radical (unpaired) electrons. The average Bonchev–Trinajstić information content (AvgIpc) is 3.16. The summed E-state index contributed by atoms with van der Waals surface area (Å²) in [6, 6.07) is 5.51. The SMILES string of the molecule is COCCn1nc2cc(N3CCCc4cc(C(=O)N5CCC(F)(F)CC5)cnc43)ccn2c1=O. The number of hydrogen-bond acceptors (Lipinski definition) is 6. The summed E-state index contributed by atoms with van der Waals surface area (Å²) in [5, 5.41) is 4.40. The van der Waals surface area contributed by atoms with Crippen molar-refractivity contribution in [3.05, 3.63) is 52.2 Å². The van der Waals surface area contributed by atoms with Crippen LogP contribution in [0.15, 0.2) is 35.4 Å². The average molecular weight is 472 g/mol. The molecule has 0 aromatic carbocycles. The number of rotatable bonds is 5. The van der Waals surface area contributed by atoms with E-state index in [1.54, 1.807) is 13.3 Å². The van der Waals surface area contributed by atoms with Crippen LogP contribution in [0.4, 0.5) is 20.3 Å². The van der Waals surface area contributed by atoms with Gasteiger partial charge in [-0.1, -0.05) is 0 Å². The second kappa shape index (κ2) is 8.79. The van der Waals surface area contributed by atoms with Crippen molar-refractivity contribution in [2.45, 2.75) is 38.2 Å². The van der Waals surface area contributed by atoms with Crippen molar-refractivity contribution in [3.63, 3.8) is 0 Å². The molecule has 3 aromatic heterocycles. The molecule has 1 amide bonds. The number of likely N-dealkylation sites (tertiary alicyclic amines) is 1. The zero-order chi connectivity index (χ0) is 23.9. The predicted molar refractivity (Wildman–Crippen MR) is 121 cm³/mol. The third kappa shape index (κ3) is 4.15. The molecule has 0 unspecified atom stereocenters. The number of anilines is 2. The Morgan fingerprint density at radius 3 is 2.76 bits per heavy atom. The van der Waals surface area contributed by atoms with E-state index in [4.69, 9.17) is 4.74 Å². The third-order valence-electron chi connectivity index (χ3n) is 6.44. The smallest absolute Gasteiger partial charge is 0.350 e. The number of hydrogen-bond donors (Lipinski definition) is 0. The topological polar surface area (TPSA) is 85.0 Å².